The monoisotopic (exact) mass is 1020 g/mol. The summed E-state index contributed by atoms with van der Waals surface area (Å²) in [5, 5.41) is 13.9. The Kier molecular flexibility index (Phi) is 52.1. The smallest absolute Gasteiger partial charge is 0.268 e. The van der Waals surface area contributed by atoms with Crippen molar-refractivity contribution < 1.29 is 32.9 Å². The number of aliphatic hydroxyl groups excluding tert-OH is 1. The number of aliphatic hydroxyl groups is 1. The van der Waals surface area contributed by atoms with Crippen molar-refractivity contribution in [2.45, 2.75) is 302 Å². The molecule has 9 heteroatoms. The maximum Gasteiger partial charge on any atom is 0.268 e. The van der Waals surface area contributed by atoms with E-state index in [-0.39, 0.29) is 12.5 Å². The third-order valence-electron chi connectivity index (χ3n) is 13.7. The van der Waals surface area contributed by atoms with Crippen molar-refractivity contribution in [2.75, 3.05) is 40.9 Å². The molecule has 418 valence electrons. The summed E-state index contributed by atoms with van der Waals surface area (Å²) in [5.74, 6) is -0.207. The molecule has 0 aromatic heterocycles. The zero-order valence-corrected chi connectivity index (χ0v) is 48.6. The summed E-state index contributed by atoms with van der Waals surface area (Å²) >= 11 is 0. The fourth-order valence-electron chi connectivity index (χ4n) is 8.95. The molecule has 0 heterocycles. The molecule has 71 heavy (non-hydrogen) atoms. The number of hydrogen-bond acceptors (Lipinski definition) is 6. The number of likely N-dealkylation sites (N-methyl/N-ethyl adjacent to an activating group) is 1. The van der Waals surface area contributed by atoms with Crippen LogP contribution in [0.25, 0.3) is 0 Å². The summed E-state index contributed by atoms with van der Waals surface area (Å²) in [6, 6.07) is -0.909. The van der Waals surface area contributed by atoms with Crippen molar-refractivity contribution in [1.82, 2.24) is 5.32 Å². The molecule has 1 amide bonds. The highest BCUT2D eigenvalue weighted by Crippen LogP contribution is 2.38. The summed E-state index contributed by atoms with van der Waals surface area (Å²) < 4.78 is 23.3. The lowest BCUT2D eigenvalue weighted by Crippen LogP contribution is -2.45. The number of nitrogens with one attached hydrogen (secondary N) is 1. The molecule has 0 aromatic carbocycles. The number of carbonyl (C=O) groups is 1. The van der Waals surface area contributed by atoms with E-state index in [2.05, 4.69) is 55.6 Å². The Morgan fingerprint density at radius 1 is 0.479 bits per heavy atom. The van der Waals surface area contributed by atoms with Gasteiger partial charge in [0.1, 0.15) is 13.2 Å². The van der Waals surface area contributed by atoms with Crippen molar-refractivity contribution in [3.63, 3.8) is 0 Å². The number of phosphoric acid groups is 1. The van der Waals surface area contributed by atoms with Crippen LogP contribution < -0.4 is 10.2 Å². The molecule has 3 atom stereocenters. The van der Waals surface area contributed by atoms with Crippen LogP contribution >= 0.6 is 7.82 Å². The van der Waals surface area contributed by atoms with Gasteiger partial charge >= 0.3 is 0 Å². The van der Waals surface area contributed by atoms with Gasteiger partial charge in [-0.2, -0.15) is 0 Å². The Morgan fingerprint density at radius 3 is 1.14 bits per heavy atom. The molecular formula is C62H119N2O6P. The third-order valence-corrected chi connectivity index (χ3v) is 14.7. The molecule has 0 aliphatic rings. The molecule has 2 N–H and O–H groups in total. The Labute approximate surface area is 441 Å². The van der Waals surface area contributed by atoms with Crippen LogP contribution in [0, 0.1) is 0 Å². The Morgan fingerprint density at radius 2 is 0.789 bits per heavy atom. The first kappa shape index (κ1) is 69.5. The molecule has 0 rings (SSSR count). The van der Waals surface area contributed by atoms with E-state index in [0.29, 0.717) is 17.4 Å². The summed E-state index contributed by atoms with van der Waals surface area (Å²) in [4.78, 5) is 25.5. The van der Waals surface area contributed by atoms with Crippen molar-refractivity contribution >= 4 is 13.7 Å². The number of amides is 1. The SMILES string of the molecule is CCCCCCCCCC/C=C\CCCCCCCCCCCCCCCCCCCCCC(=O)NC(COP(=O)([O-])OCC[N+](C)(C)C)C(O)/C=C/CC/C=C/CC/C=C/CCCCCCCCCC. The Bertz CT molecular complexity index is 1290. The Balaban J connectivity index is 4.12. The quantitative estimate of drug-likeness (QED) is 0.0272. The van der Waals surface area contributed by atoms with Gasteiger partial charge in [0.15, 0.2) is 0 Å². The largest absolute Gasteiger partial charge is 0.756 e. The van der Waals surface area contributed by atoms with Crippen LogP contribution in [0.3, 0.4) is 0 Å². The molecule has 0 radical (unpaired) electrons. The van der Waals surface area contributed by atoms with Gasteiger partial charge < -0.3 is 28.8 Å². The number of phosphoric ester groups is 1. The molecule has 0 saturated heterocycles. The molecule has 0 spiro atoms. The van der Waals surface area contributed by atoms with Gasteiger partial charge in [0.25, 0.3) is 7.82 Å². The summed E-state index contributed by atoms with van der Waals surface area (Å²) in [5.41, 5.74) is 0. The molecule has 0 aliphatic heterocycles. The minimum absolute atomic E-state index is 0.00844. The molecule has 0 bridgehead atoms. The predicted octanol–water partition coefficient (Wildman–Crippen LogP) is 18.1. The van der Waals surface area contributed by atoms with E-state index in [1.54, 1.807) is 6.08 Å². The average Bonchev–Trinajstić information content (AvgIpc) is 3.33. The number of hydrogen-bond donors (Lipinski definition) is 2. The second-order valence-electron chi connectivity index (χ2n) is 22.0. The summed E-state index contributed by atoms with van der Waals surface area (Å²) in [6.45, 7) is 4.64. The van der Waals surface area contributed by atoms with Gasteiger partial charge in [0.2, 0.25) is 5.91 Å². The molecule has 0 saturated carbocycles. The maximum atomic E-state index is 13.0. The molecular weight excluding hydrogens is 900 g/mol. The number of quaternary nitrogens is 1. The van der Waals surface area contributed by atoms with E-state index in [1.807, 2.05) is 27.2 Å². The maximum absolute atomic E-state index is 13.0. The second-order valence-corrected chi connectivity index (χ2v) is 23.4. The first-order chi connectivity index (χ1) is 34.5. The standard InChI is InChI=1S/C62H119N2O6P/c1-6-8-10-12-14-16-18-20-22-24-26-27-28-29-30-31-32-33-34-35-36-37-38-40-42-44-46-48-50-52-54-56-62(66)63-60(59-70-71(67,68)69-58-57-64(3,4)5)61(65)55-53-51-49-47-45-43-41-39-25-23-21-19-17-15-13-11-9-7-2/h24-26,39,45,47,53,55,60-61,65H,6-23,27-38,40-44,46,48-52,54,56-59H2,1-5H3,(H-,63,66,67,68)/b26-24-,39-25+,47-45+,55-53+. The van der Waals surface area contributed by atoms with Gasteiger partial charge in [-0.15, -0.1) is 0 Å². The van der Waals surface area contributed by atoms with Crippen LogP contribution in [0.1, 0.15) is 290 Å². The van der Waals surface area contributed by atoms with Crippen LogP contribution in [-0.2, 0) is 18.4 Å². The van der Waals surface area contributed by atoms with Crippen LogP contribution in [0.4, 0.5) is 0 Å². The van der Waals surface area contributed by atoms with Gasteiger partial charge in [-0.1, -0.05) is 262 Å². The molecule has 0 aromatic rings. The number of allylic oxidation sites excluding steroid dienone is 7. The fourth-order valence-corrected chi connectivity index (χ4v) is 9.67. The lowest BCUT2D eigenvalue weighted by molar-refractivity contribution is -0.870. The lowest BCUT2D eigenvalue weighted by Gasteiger charge is -2.29. The second kappa shape index (κ2) is 53.3. The molecule has 0 fully saturated rings. The van der Waals surface area contributed by atoms with E-state index in [1.165, 1.54) is 225 Å². The fraction of sp³-hybridized carbons (Fsp3) is 0.855. The lowest BCUT2D eigenvalue weighted by atomic mass is 10.0. The van der Waals surface area contributed by atoms with Gasteiger partial charge in [0.05, 0.1) is 39.9 Å². The summed E-state index contributed by atoms with van der Waals surface area (Å²) in [7, 11) is 1.24. The van der Waals surface area contributed by atoms with Crippen LogP contribution in [-0.4, -0.2) is 68.5 Å². The zero-order valence-electron chi connectivity index (χ0n) is 47.7. The van der Waals surface area contributed by atoms with E-state index in [9.17, 15) is 19.4 Å². The van der Waals surface area contributed by atoms with Crippen molar-refractivity contribution in [3.8, 4) is 0 Å². The number of unbranched alkanes of at least 4 members (excludes halogenated alkanes) is 37. The van der Waals surface area contributed by atoms with Crippen molar-refractivity contribution in [2.24, 2.45) is 0 Å². The van der Waals surface area contributed by atoms with Gasteiger partial charge in [-0.05, 0) is 70.6 Å². The molecule has 8 nitrogen and oxygen atoms in total. The molecule has 3 unspecified atom stereocenters. The number of rotatable bonds is 56. The molecule has 0 aliphatic carbocycles. The van der Waals surface area contributed by atoms with Gasteiger partial charge in [0, 0.05) is 6.42 Å². The minimum atomic E-state index is -4.61. The van der Waals surface area contributed by atoms with Crippen molar-refractivity contribution in [3.05, 3.63) is 48.6 Å². The topological polar surface area (TPSA) is 108 Å². The highest BCUT2D eigenvalue weighted by molar-refractivity contribution is 7.45. The first-order valence-corrected chi connectivity index (χ1v) is 32.0. The summed E-state index contributed by atoms with van der Waals surface area (Å²) in [6.07, 6.45) is 70.7. The zero-order chi connectivity index (χ0) is 52.0. The number of carbonyl (C=O) groups excluding carboxylic acids is 1. The number of nitrogens with zero attached hydrogens (tertiary/aromatic N) is 1. The first-order valence-electron chi connectivity index (χ1n) is 30.5. The highest BCUT2D eigenvalue weighted by atomic mass is 31.2. The van der Waals surface area contributed by atoms with E-state index in [0.717, 1.165) is 44.9 Å². The normalized spacial score (nSPS) is 14.2. The van der Waals surface area contributed by atoms with E-state index in [4.69, 9.17) is 9.05 Å². The van der Waals surface area contributed by atoms with Crippen LogP contribution in [0.15, 0.2) is 48.6 Å². The van der Waals surface area contributed by atoms with Crippen LogP contribution in [0.2, 0.25) is 0 Å². The van der Waals surface area contributed by atoms with Gasteiger partial charge in [-0.25, -0.2) is 0 Å². The van der Waals surface area contributed by atoms with E-state index < -0.39 is 26.6 Å². The minimum Gasteiger partial charge on any atom is -0.756 e. The predicted molar refractivity (Wildman–Crippen MR) is 307 cm³/mol. The third kappa shape index (κ3) is 56.0. The van der Waals surface area contributed by atoms with Crippen molar-refractivity contribution in [1.29, 1.82) is 0 Å². The highest BCUT2D eigenvalue weighted by Gasteiger charge is 2.23. The van der Waals surface area contributed by atoms with E-state index >= 15 is 0 Å². The van der Waals surface area contributed by atoms with Crippen LogP contribution in [0.5, 0.6) is 0 Å². The van der Waals surface area contributed by atoms with Gasteiger partial charge in [-0.3, -0.25) is 9.36 Å². The Hall–Kier alpha value is -1.54. The average molecular weight is 1020 g/mol.